The van der Waals surface area contributed by atoms with Crippen LogP contribution in [-0.4, -0.2) is 23.9 Å². The summed E-state index contributed by atoms with van der Waals surface area (Å²) in [7, 11) is 0. The molecule has 96 valence electrons. The lowest BCUT2D eigenvalue weighted by Gasteiger charge is -2.26. The molecular weight excluding hydrogens is 236 g/mol. The van der Waals surface area contributed by atoms with Crippen LogP contribution in [0.3, 0.4) is 0 Å². The van der Waals surface area contributed by atoms with Gasteiger partial charge in [0.1, 0.15) is 0 Å². The Morgan fingerprint density at radius 3 is 2.83 bits per heavy atom. The second-order valence-electron chi connectivity index (χ2n) is 4.95. The molecule has 0 spiro atoms. The van der Waals surface area contributed by atoms with Crippen LogP contribution in [0.4, 0.5) is 8.78 Å². The zero-order valence-corrected chi connectivity index (χ0v) is 9.94. The molecular formula is C13H15F2N3. The molecule has 0 radical (unpaired) electrons. The number of halogens is 2. The van der Waals surface area contributed by atoms with Crippen molar-refractivity contribution in [3.05, 3.63) is 35.4 Å². The van der Waals surface area contributed by atoms with Gasteiger partial charge in [-0.15, -0.1) is 0 Å². The van der Waals surface area contributed by atoms with Gasteiger partial charge in [0.25, 0.3) is 0 Å². The molecule has 1 aromatic rings. The predicted octanol–water partition coefficient (Wildman–Crippen LogP) is 2.05. The van der Waals surface area contributed by atoms with E-state index in [1.807, 2.05) is 4.90 Å². The maximum absolute atomic E-state index is 13.8. The minimum atomic E-state index is -0.815. The maximum Gasteiger partial charge on any atom is 0.191 e. The van der Waals surface area contributed by atoms with Gasteiger partial charge in [0.2, 0.25) is 0 Å². The van der Waals surface area contributed by atoms with Crippen LogP contribution in [0.2, 0.25) is 0 Å². The number of aliphatic imine (C=N–C) groups is 1. The first-order valence-electron chi connectivity index (χ1n) is 6.17. The van der Waals surface area contributed by atoms with Crippen molar-refractivity contribution in [1.29, 1.82) is 0 Å². The van der Waals surface area contributed by atoms with Crippen LogP contribution in [0.25, 0.3) is 0 Å². The molecule has 5 heteroatoms. The van der Waals surface area contributed by atoms with Crippen molar-refractivity contribution in [3.8, 4) is 0 Å². The van der Waals surface area contributed by atoms with Gasteiger partial charge in [0.15, 0.2) is 17.6 Å². The summed E-state index contributed by atoms with van der Waals surface area (Å²) in [4.78, 5) is 6.06. The Balaban J connectivity index is 1.88. The fraction of sp³-hybridized carbons (Fsp3) is 0.462. The molecule has 1 aliphatic heterocycles. The van der Waals surface area contributed by atoms with E-state index in [0.29, 0.717) is 24.0 Å². The molecule has 1 aliphatic carbocycles. The van der Waals surface area contributed by atoms with Gasteiger partial charge >= 0.3 is 0 Å². The molecule has 1 saturated carbocycles. The summed E-state index contributed by atoms with van der Waals surface area (Å²) in [6.07, 6.45) is 2.37. The third-order valence-corrected chi connectivity index (χ3v) is 3.59. The normalized spacial score (nSPS) is 23.3. The minimum absolute atomic E-state index is 0.263. The van der Waals surface area contributed by atoms with Crippen molar-refractivity contribution in [2.75, 3.05) is 13.1 Å². The second kappa shape index (κ2) is 4.23. The van der Waals surface area contributed by atoms with Gasteiger partial charge in [0, 0.05) is 12.1 Å². The summed E-state index contributed by atoms with van der Waals surface area (Å²) in [5, 5.41) is 0. The predicted molar refractivity (Wildman–Crippen MR) is 65.0 cm³/mol. The maximum atomic E-state index is 13.8. The quantitative estimate of drug-likeness (QED) is 0.893. The summed E-state index contributed by atoms with van der Waals surface area (Å²) < 4.78 is 27.1. The van der Waals surface area contributed by atoms with Crippen molar-refractivity contribution in [2.45, 2.75) is 18.9 Å². The highest BCUT2D eigenvalue weighted by Gasteiger charge is 2.34. The standard InChI is InChI=1S/C13H15F2N3/c14-10-3-1-2-9(12(10)15)11-6-17-13(16)18(11)7-8-4-5-8/h1-3,8,11H,4-7H2,(H2,16,17). The Morgan fingerprint density at radius 1 is 1.33 bits per heavy atom. The molecule has 1 fully saturated rings. The second-order valence-corrected chi connectivity index (χ2v) is 4.95. The summed E-state index contributed by atoms with van der Waals surface area (Å²) in [6.45, 7) is 1.19. The van der Waals surface area contributed by atoms with Crippen LogP contribution >= 0.6 is 0 Å². The van der Waals surface area contributed by atoms with Crippen LogP contribution < -0.4 is 5.73 Å². The molecule has 1 aromatic carbocycles. The van der Waals surface area contributed by atoms with E-state index in [4.69, 9.17) is 5.73 Å². The van der Waals surface area contributed by atoms with Gasteiger partial charge in [-0.1, -0.05) is 12.1 Å². The largest absolute Gasteiger partial charge is 0.370 e. The number of hydrogen-bond donors (Lipinski definition) is 1. The molecule has 1 heterocycles. The van der Waals surface area contributed by atoms with E-state index in [1.54, 1.807) is 6.07 Å². The van der Waals surface area contributed by atoms with Gasteiger partial charge in [-0.25, -0.2) is 8.78 Å². The summed E-state index contributed by atoms with van der Waals surface area (Å²) in [5.41, 5.74) is 6.18. The molecule has 3 rings (SSSR count). The third-order valence-electron chi connectivity index (χ3n) is 3.59. The average Bonchev–Trinajstić information content (AvgIpc) is 3.09. The molecule has 0 aromatic heterocycles. The lowest BCUT2D eigenvalue weighted by atomic mass is 10.0. The highest BCUT2D eigenvalue weighted by atomic mass is 19.2. The first-order chi connectivity index (χ1) is 8.66. The Kier molecular flexibility index (Phi) is 2.69. The fourth-order valence-corrected chi connectivity index (χ4v) is 2.37. The Hall–Kier alpha value is -1.65. The Labute approximate surface area is 104 Å². The van der Waals surface area contributed by atoms with Crippen molar-refractivity contribution < 1.29 is 8.78 Å². The molecule has 2 N–H and O–H groups in total. The third kappa shape index (κ3) is 1.94. The van der Waals surface area contributed by atoms with E-state index in [0.717, 1.165) is 12.6 Å². The Morgan fingerprint density at radius 2 is 2.11 bits per heavy atom. The highest BCUT2D eigenvalue weighted by molar-refractivity contribution is 5.80. The number of hydrogen-bond acceptors (Lipinski definition) is 3. The molecule has 0 saturated heterocycles. The van der Waals surface area contributed by atoms with E-state index in [-0.39, 0.29) is 6.04 Å². The zero-order chi connectivity index (χ0) is 12.7. The van der Waals surface area contributed by atoms with Crippen molar-refractivity contribution >= 4 is 5.96 Å². The van der Waals surface area contributed by atoms with Crippen molar-refractivity contribution in [3.63, 3.8) is 0 Å². The number of nitrogens with two attached hydrogens (primary N) is 1. The van der Waals surface area contributed by atoms with Gasteiger partial charge < -0.3 is 10.6 Å². The molecule has 2 aliphatic rings. The molecule has 18 heavy (non-hydrogen) atoms. The highest BCUT2D eigenvalue weighted by Crippen LogP contribution is 2.35. The molecule has 0 amide bonds. The van der Waals surface area contributed by atoms with Gasteiger partial charge in [-0.05, 0) is 24.8 Å². The van der Waals surface area contributed by atoms with E-state index in [2.05, 4.69) is 4.99 Å². The lowest BCUT2D eigenvalue weighted by molar-refractivity contribution is 0.322. The monoisotopic (exact) mass is 251 g/mol. The van der Waals surface area contributed by atoms with Crippen molar-refractivity contribution in [2.24, 2.45) is 16.6 Å². The summed E-state index contributed by atoms with van der Waals surface area (Å²) in [6, 6.07) is 4.00. The van der Waals surface area contributed by atoms with Gasteiger partial charge in [0.05, 0.1) is 12.6 Å². The van der Waals surface area contributed by atoms with E-state index in [9.17, 15) is 8.78 Å². The first-order valence-corrected chi connectivity index (χ1v) is 6.17. The summed E-state index contributed by atoms with van der Waals surface area (Å²) >= 11 is 0. The SMILES string of the molecule is NC1=NCC(c2cccc(F)c2F)N1CC1CC1. The molecule has 1 unspecified atom stereocenters. The summed E-state index contributed by atoms with van der Waals surface area (Å²) in [5.74, 6) is -0.538. The number of benzene rings is 1. The first kappa shape index (κ1) is 11.4. The molecule has 3 nitrogen and oxygen atoms in total. The number of guanidine groups is 1. The lowest BCUT2D eigenvalue weighted by Crippen LogP contribution is -2.37. The van der Waals surface area contributed by atoms with Crippen LogP contribution in [0, 0.1) is 17.6 Å². The number of nitrogens with zero attached hydrogens (tertiary/aromatic N) is 2. The fourth-order valence-electron chi connectivity index (χ4n) is 2.37. The van der Waals surface area contributed by atoms with Crippen molar-refractivity contribution in [1.82, 2.24) is 4.90 Å². The molecule has 0 bridgehead atoms. The van der Waals surface area contributed by atoms with Crippen LogP contribution in [0.5, 0.6) is 0 Å². The van der Waals surface area contributed by atoms with Crippen LogP contribution in [0.1, 0.15) is 24.4 Å². The Bertz CT molecular complexity index is 497. The van der Waals surface area contributed by atoms with E-state index in [1.165, 1.54) is 18.9 Å². The van der Waals surface area contributed by atoms with Gasteiger partial charge in [-0.3, -0.25) is 4.99 Å². The average molecular weight is 251 g/mol. The minimum Gasteiger partial charge on any atom is -0.370 e. The zero-order valence-electron chi connectivity index (χ0n) is 9.94. The smallest absolute Gasteiger partial charge is 0.191 e. The van der Waals surface area contributed by atoms with Crippen LogP contribution in [0.15, 0.2) is 23.2 Å². The topological polar surface area (TPSA) is 41.6 Å². The van der Waals surface area contributed by atoms with E-state index >= 15 is 0 Å². The molecule has 1 atom stereocenters. The van der Waals surface area contributed by atoms with Crippen LogP contribution in [-0.2, 0) is 0 Å². The number of rotatable bonds is 3. The van der Waals surface area contributed by atoms with E-state index < -0.39 is 11.6 Å². The van der Waals surface area contributed by atoms with Gasteiger partial charge in [-0.2, -0.15) is 0 Å².